The number of piperazine rings is 1. The molecule has 172 valence electrons. The van der Waals surface area contributed by atoms with Gasteiger partial charge in [0.1, 0.15) is 18.0 Å². The molecule has 0 saturated carbocycles. The first-order valence-corrected chi connectivity index (χ1v) is 10.7. The summed E-state index contributed by atoms with van der Waals surface area (Å²) < 4.78 is 11.3. The average Bonchev–Trinajstić information content (AvgIpc) is 3.09. The van der Waals surface area contributed by atoms with Gasteiger partial charge in [-0.3, -0.25) is 0 Å². The SMILES string of the molecule is C[C@H]1CN(C(=O)OC(C)(C)C)CCN1c1cc(C(=O)O)nc(OC[C@@H]2CCCN2C)n1. The normalized spacial score (nSPS) is 22.5. The largest absolute Gasteiger partial charge is 0.477 e. The molecule has 0 radical (unpaired) electrons. The Morgan fingerprint density at radius 2 is 1.97 bits per heavy atom. The van der Waals surface area contributed by atoms with Gasteiger partial charge in [0.25, 0.3) is 0 Å². The van der Waals surface area contributed by atoms with Crippen molar-refractivity contribution in [1.82, 2.24) is 19.8 Å². The Kier molecular flexibility index (Phi) is 6.88. The maximum absolute atomic E-state index is 12.4. The zero-order chi connectivity index (χ0) is 22.8. The Balaban J connectivity index is 1.71. The number of aromatic carboxylic acids is 1. The molecule has 2 aliphatic heterocycles. The highest BCUT2D eigenvalue weighted by atomic mass is 16.6. The predicted molar refractivity (Wildman–Crippen MR) is 115 cm³/mol. The smallest absolute Gasteiger partial charge is 0.410 e. The second-order valence-corrected chi connectivity index (χ2v) is 9.26. The predicted octanol–water partition coefficient (Wildman–Crippen LogP) is 2.09. The van der Waals surface area contributed by atoms with Crippen LogP contribution >= 0.6 is 0 Å². The van der Waals surface area contributed by atoms with Gasteiger partial charge in [-0.05, 0) is 54.1 Å². The lowest BCUT2D eigenvalue weighted by atomic mass is 10.2. The molecule has 2 atom stereocenters. The summed E-state index contributed by atoms with van der Waals surface area (Å²) in [4.78, 5) is 38.4. The van der Waals surface area contributed by atoms with E-state index in [-0.39, 0.29) is 29.9 Å². The standard InChI is InChI=1S/C21H33N5O5/c1-14-12-25(20(29)31-21(2,3)4)9-10-26(14)17-11-16(18(27)28)22-19(23-17)30-13-15-7-6-8-24(15)5/h11,14-15H,6-10,12-13H2,1-5H3,(H,27,28)/t14-,15-/m0/s1. The number of likely N-dealkylation sites (N-methyl/N-ethyl adjacent to an activating group) is 1. The number of likely N-dealkylation sites (tertiary alicyclic amines) is 1. The highest BCUT2D eigenvalue weighted by molar-refractivity contribution is 5.86. The van der Waals surface area contributed by atoms with E-state index in [1.807, 2.05) is 39.6 Å². The fourth-order valence-corrected chi connectivity index (χ4v) is 3.88. The molecule has 3 rings (SSSR count). The van der Waals surface area contributed by atoms with Gasteiger partial charge in [-0.25, -0.2) is 9.59 Å². The molecule has 2 fully saturated rings. The van der Waals surface area contributed by atoms with Crippen molar-refractivity contribution in [2.75, 3.05) is 44.7 Å². The molecule has 10 nitrogen and oxygen atoms in total. The molecule has 0 aromatic carbocycles. The second-order valence-electron chi connectivity index (χ2n) is 9.26. The first-order chi connectivity index (χ1) is 14.5. The molecular weight excluding hydrogens is 402 g/mol. The summed E-state index contributed by atoms with van der Waals surface area (Å²) in [6, 6.07) is 1.72. The molecule has 3 heterocycles. The van der Waals surface area contributed by atoms with Crippen LogP contribution in [-0.2, 0) is 4.74 Å². The second kappa shape index (κ2) is 9.25. The Hall–Kier alpha value is -2.62. The minimum atomic E-state index is -1.13. The third-order valence-corrected chi connectivity index (χ3v) is 5.56. The van der Waals surface area contributed by atoms with Gasteiger partial charge in [-0.1, -0.05) is 0 Å². The van der Waals surface area contributed by atoms with E-state index in [9.17, 15) is 14.7 Å². The van der Waals surface area contributed by atoms with Gasteiger partial charge in [0.15, 0.2) is 5.69 Å². The fourth-order valence-electron chi connectivity index (χ4n) is 3.88. The van der Waals surface area contributed by atoms with E-state index in [1.165, 1.54) is 6.07 Å². The molecule has 1 aromatic heterocycles. The molecule has 2 aliphatic rings. The van der Waals surface area contributed by atoms with E-state index < -0.39 is 11.6 Å². The van der Waals surface area contributed by atoms with Crippen LogP contribution in [0.5, 0.6) is 6.01 Å². The monoisotopic (exact) mass is 435 g/mol. The lowest BCUT2D eigenvalue weighted by Gasteiger charge is -2.40. The van der Waals surface area contributed by atoms with Crippen molar-refractivity contribution in [2.45, 2.75) is 58.2 Å². The van der Waals surface area contributed by atoms with E-state index >= 15 is 0 Å². The average molecular weight is 436 g/mol. The molecule has 2 saturated heterocycles. The number of nitrogens with zero attached hydrogens (tertiary/aromatic N) is 5. The summed E-state index contributed by atoms with van der Waals surface area (Å²) in [5.41, 5.74) is -0.665. The lowest BCUT2D eigenvalue weighted by Crippen LogP contribution is -2.54. The number of carbonyl (C=O) groups excluding carboxylic acids is 1. The lowest BCUT2D eigenvalue weighted by molar-refractivity contribution is 0.0218. The van der Waals surface area contributed by atoms with Crippen molar-refractivity contribution in [3.63, 3.8) is 0 Å². The molecule has 1 amide bonds. The topological polar surface area (TPSA) is 108 Å². The number of amides is 1. The number of anilines is 1. The zero-order valence-electron chi connectivity index (χ0n) is 19.0. The number of hydrogen-bond donors (Lipinski definition) is 1. The number of ether oxygens (including phenoxy) is 2. The van der Waals surface area contributed by atoms with Crippen molar-refractivity contribution >= 4 is 17.9 Å². The van der Waals surface area contributed by atoms with Crippen molar-refractivity contribution < 1.29 is 24.2 Å². The van der Waals surface area contributed by atoms with Gasteiger partial charge >= 0.3 is 18.1 Å². The van der Waals surface area contributed by atoms with Crippen LogP contribution in [-0.4, -0.2) is 94.5 Å². The zero-order valence-corrected chi connectivity index (χ0v) is 19.0. The van der Waals surface area contributed by atoms with Gasteiger partial charge in [-0.2, -0.15) is 9.97 Å². The van der Waals surface area contributed by atoms with E-state index in [4.69, 9.17) is 9.47 Å². The fraction of sp³-hybridized carbons (Fsp3) is 0.714. The number of carboxylic acids is 1. The summed E-state index contributed by atoms with van der Waals surface area (Å²) in [7, 11) is 2.05. The van der Waals surface area contributed by atoms with Crippen LogP contribution < -0.4 is 9.64 Å². The minimum Gasteiger partial charge on any atom is -0.477 e. The van der Waals surface area contributed by atoms with E-state index in [1.54, 1.807) is 4.90 Å². The Morgan fingerprint density at radius 3 is 2.55 bits per heavy atom. The highest BCUT2D eigenvalue weighted by Crippen LogP contribution is 2.23. The summed E-state index contributed by atoms with van der Waals surface area (Å²) in [5.74, 6) is -0.648. The third kappa shape index (κ3) is 5.96. The molecule has 1 N–H and O–H groups in total. The third-order valence-electron chi connectivity index (χ3n) is 5.56. The summed E-state index contributed by atoms with van der Waals surface area (Å²) >= 11 is 0. The maximum atomic E-state index is 12.4. The number of aromatic nitrogens is 2. The number of carboxylic acid groups (broad SMARTS) is 1. The molecule has 0 aliphatic carbocycles. The van der Waals surface area contributed by atoms with Gasteiger partial charge in [-0.15, -0.1) is 0 Å². The summed E-state index contributed by atoms with van der Waals surface area (Å²) in [5, 5.41) is 9.50. The Labute approximate surface area is 183 Å². The summed E-state index contributed by atoms with van der Waals surface area (Å²) in [6.45, 7) is 10.3. The van der Waals surface area contributed by atoms with Crippen molar-refractivity contribution in [3.8, 4) is 6.01 Å². The molecule has 1 aromatic rings. The molecule has 31 heavy (non-hydrogen) atoms. The van der Waals surface area contributed by atoms with Crippen LogP contribution in [0.15, 0.2) is 6.07 Å². The molecule has 0 bridgehead atoms. The van der Waals surface area contributed by atoms with Crippen LogP contribution in [0.4, 0.5) is 10.6 Å². The maximum Gasteiger partial charge on any atom is 0.410 e. The van der Waals surface area contributed by atoms with Crippen LogP contribution in [0.3, 0.4) is 0 Å². The Bertz CT molecular complexity index is 812. The van der Waals surface area contributed by atoms with Crippen molar-refractivity contribution in [2.24, 2.45) is 0 Å². The number of hydrogen-bond acceptors (Lipinski definition) is 8. The van der Waals surface area contributed by atoms with Gasteiger partial charge < -0.3 is 29.3 Å². The first-order valence-electron chi connectivity index (χ1n) is 10.7. The van der Waals surface area contributed by atoms with Crippen molar-refractivity contribution in [3.05, 3.63) is 11.8 Å². The van der Waals surface area contributed by atoms with E-state index in [0.717, 1.165) is 19.4 Å². The minimum absolute atomic E-state index is 0.0666. The van der Waals surface area contributed by atoms with Gasteiger partial charge in [0, 0.05) is 37.8 Å². The highest BCUT2D eigenvalue weighted by Gasteiger charge is 2.31. The van der Waals surface area contributed by atoms with Crippen molar-refractivity contribution in [1.29, 1.82) is 0 Å². The number of carbonyl (C=O) groups is 2. The number of rotatable bonds is 5. The first kappa shape index (κ1) is 23.1. The van der Waals surface area contributed by atoms with E-state index in [0.29, 0.717) is 32.1 Å². The van der Waals surface area contributed by atoms with Crippen LogP contribution in [0.1, 0.15) is 51.0 Å². The Morgan fingerprint density at radius 1 is 1.23 bits per heavy atom. The molecule has 0 spiro atoms. The molecule has 10 heteroatoms. The van der Waals surface area contributed by atoms with Gasteiger partial charge in [0.2, 0.25) is 0 Å². The van der Waals surface area contributed by atoms with Crippen LogP contribution in [0.25, 0.3) is 0 Å². The van der Waals surface area contributed by atoms with Crippen LogP contribution in [0.2, 0.25) is 0 Å². The van der Waals surface area contributed by atoms with Crippen LogP contribution in [0, 0.1) is 0 Å². The molecular formula is C21H33N5O5. The van der Waals surface area contributed by atoms with Gasteiger partial charge in [0.05, 0.1) is 0 Å². The van der Waals surface area contributed by atoms with E-state index in [2.05, 4.69) is 14.9 Å². The molecule has 0 unspecified atom stereocenters. The quantitative estimate of drug-likeness (QED) is 0.743. The summed E-state index contributed by atoms with van der Waals surface area (Å²) in [6.07, 6.45) is 1.80.